The van der Waals surface area contributed by atoms with E-state index in [1.807, 2.05) is 0 Å². The number of rotatable bonds is 4. The van der Waals surface area contributed by atoms with Crippen molar-refractivity contribution in [1.82, 2.24) is 20.4 Å². The molecule has 0 spiro atoms. The predicted octanol–water partition coefficient (Wildman–Crippen LogP) is -0.0259. The second-order valence-electron chi connectivity index (χ2n) is 1.76. The normalized spacial score (nSPS) is 9.09. The third-order valence-electron chi connectivity index (χ3n) is 0.940. The zero-order valence-corrected chi connectivity index (χ0v) is 5.99. The van der Waals surface area contributed by atoms with E-state index in [1.165, 1.54) is 12.7 Å². The Bertz CT molecular complexity index is 209. The van der Waals surface area contributed by atoms with Crippen molar-refractivity contribution >= 4 is 5.95 Å². The Morgan fingerprint density at radius 3 is 2.82 bits per heavy atom. The predicted molar refractivity (Wildman–Crippen MR) is 41.6 cm³/mol. The third-order valence-corrected chi connectivity index (χ3v) is 0.940. The van der Waals surface area contributed by atoms with Crippen LogP contribution >= 0.6 is 0 Å². The lowest BCUT2D eigenvalue weighted by Gasteiger charge is -2.01. The molecule has 1 aromatic heterocycles. The summed E-state index contributed by atoms with van der Waals surface area (Å²) in [6, 6.07) is 0. The zero-order chi connectivity index (χ0) is 7.94. The zero-order valence-electron chi connectivity index (χ0n) is 5.99. The molecule has 0 radical (unpaired) electrons. The summed E-state index contributed by atoms with van der Waals surface area (Å²) in [6.07, 6.45) is 4.57. The minimum absolute atomic E-state index is 0.502. The minimum atomic E-state index is 0.502. The molecule has 0 aliphatic carbocycles. The fourth-order valence-electron chi connectivity index (χ4n) is 0.506. The van der Waals surface area contributed by atoms with Crippen LogP contribution in [0, 0.1) is 0 Å². The maximum Gasteiger partial charge on any atom is 0.240 e. The highest BCUT2D eigenvalue weighted by Crippen LogP contribution is 1.86. The number of nitrogens with zero attached hydrogens (tertiary/aromatic N) is 3. The molecule has 0 bridgehead atoms. The van der Waals surface area contributed by atoms with E-state index >= 15 is 0 Å². The summed E-state index contributed by atoms with van der Waals surface area (Å²) in [7, 11) is 0. The van der Waals surface area contributed by atoms with E-state index in [9.17, 15) is 0 Å². The van der Waals surface area contributed by atoms with Gasteiger partial charge in [-0.1, -0.05) is 6.08 Å². The van der Waals surface area contributed by atoms with Gasteiger partial charge in [-0.15, -0.1) is 6.58 Å². The standard InChI is InChI=1S/C6H9N5/c1-2-3-10-11-6-8-4-7-5-9-6/h2,4-5,10H,1,3H2,(H,7,8,9,11). The van der Waals surface area contributed by atoms with Gasteiger partial charge in [0.05, 0.1) is 0 Å². The van der Waals surface area contributed by atoms with Crippen molar-refractivity contribution in [2.24, 2.45) is 0 Å². The summed E-state index contributed by atoms with van der Waals surface area (Å²) >= 11 is 0. The highest BCUT2D eigenvalue weighted by Gasteiger charge is 1.87. The van der Waals surface area contributed by atoms with Crippen LogP contribution in [-0.4, -0.2) is 21.5 Å². The number of nitrogens with one attached hydrogen (secondary N) is 2. The highest BCUT2D eigenvalue weighted by molar-refractivity contribution is 5.18. The Kier molecular flexibility index (Phi) is 3.01. The molecule has 0 aliphatic rings. The van der Waals surface area contributed by atoms with Gasteiger partial charge in [-0.05, 0) is 0 Å². The van der Waals surface area contributed by atoms with Crippen LogP contribution in [-0.2, 0) is 0 Å². The second-order valence-corrected chi connectivity index (χ2v) is 1.76. The SMILES string of the molecule is C=CCNNc1ncncn1. The first-order valence-corrected chi connectivity index (χ1v) is 3.15. The molecule has 1 rings (SSSR count). The lowest BCUT2D eigenvalue weighted by atomic mass is 10.7. The Balaban J connectivity index is 2.33. The molecule has 5 nitrogen and oxygen atoms in total. The number of aromatic nitrogens is 3. The average Bonchev–Trinajstić information content (AvgIpc) is 2.07. The summed E-state index contributed by atoms with van der Waals surface area (Å²) in [5.74, 6) is 0.502. The van der Waals surface area contributed by atoms with Gasteiger partial charge in [-0.2, -0.15) is 0 Å². The van der Waals surface area contributed by atoms with Crippen LogP contribution in [0.1, 0.15) is 0 Å². The van der Waals surface area contributed by atoms with Crippen LogP contribution < -0.4 is 10.9 Å². The highest BCUT2D eigenvalue weighted by atomic mass is 15.4. The molecule has 0 aromatic carbocycles. The monoisotopic (exact) mass is 151 g/mol. The van der Waals surface area contributed by atoms with Crippen molar-refractivity contribution in [3.8, 4) is 0 Å². The second kappa shape index (κ2) is 4.35. The largest absolute Gasteiger partial charge is 0.289 e. The number of anilines is 1. The Hall–Kier alpha value is -1.49. The van der Waals surface area contributed by atoms with E-state index in [0.717, 1.165) is 0 Å². The Morgan fingerprint density at radius 1 is 1.45 bits per heavy atom. The molecule has 0 saturated heterocycles. The number of hydrogen-bond donors (Lipinski definition) is 2. The van der Waals surface area contributed by atoms with Crippen molar-refractivity contribution in [3.05, 3.63) is 25.3 Å². The first-order valence-electron chi connectivity index (χ1n) is 3.15. The quantitative estimate of drug-likeness (QED) is 0.359. The molecule has 58 valence electrons. The molecule has 0 aliphatic heterocycles. The molecule has 2 N–H and O–H groups in total. The lowest BCUT2D eigenvalue weighted by molar-refractivity contribution is 0.860. The summed E-state index contributed by atoms with van der Waals surface area (Å²) in [5.41, 5.74) is 5.59. The Labute approximate surface area is 64.6 Å². The minimum Gasteiger partial charge on any atom is -0.289 e. The molecule has 0 atom stereocenters. The molecule has 0 saturated carbocycles. The summed E-state index contributed by atoms with van der Waals surface area (Å²) < 4.78 is 0. The molecule has 11 heavy (non-hydrogen) atoms. The van der Waals surface area contributed by atoms with E-state index in [1.54, 1.807) is 6.08 Å². The van der Waals surface area contributed by atoms with Gasteiger partial charge in [0.2, 0.25) is 5.95 Å². The van der Waals surface area contributed by atoms with Gasteiger partial charge in [0.15, 0.2) is 0 Å². The van der Waals surface area contributed by atoms with Gasteiger partial charge in [-0.3, -0.25) is 5.43 Å². The van der Waals surface area contributed by atoms with Crippen LogP contribution in [0.3, 0.4) is 0 Å². The number of hydrogen-bond acceptors (Lipinski definition) is 5. The van der Waals surface area contributed by atoms with E-state index in [0.29, 0.717) is 12.5 Å². The first kappa shape index (κ1) is 7.62. The topological polar surface area (TPSA) is 62.7 Å². The van der Waals surface area contributed by atoms with Crippen molar-refractivity contribution < 1.29 is 0 Å². The Morgan fingerprint density at radius 2 is 2.18 bits per heavy atom. The summed E-state index contributed by atoms with van der Waals surface area (Å²) in [4.78, 5) is 11.3. The van der Waals surface area contributed by atoms with E-state index in [2.05, 4.69) is 32.4 Å². The van der Waals surface area contributed by atoms with Crippen LogP contribution in [0.25, 0.3) is 0 Å². The van der Waals surface area contributed by atoms with E-state index in [4.69, 9.17) is 0 Å². The number of hydrazine groups is 1. The fourth-order valence-corrected chi connectivity index (χ4v) is 0.506. The van der Waals surface area contributed by atoms with Gasteiger partial charge in [0.25, 0.3) is 0 Å². The van der Waals surface area contributed by atoms with E-state index < -0.39 is 0 Å². The maximum atomic E-state index is 3.82. The molecule has 0 amide bonds. The molecule has 1 aromatic rings. The molecular formula is C6H9N5. The van der Waals surface area contributed by atoms with Crippen LogP contribution in [0.4, 0.5) is 5.95 Å². The van der Waals surface area contributed by atoms with Crippen molar-refractivity contribution in [2.75, 3.05) is 12.0 Å². The van der Waals surface area contributed by atoms with Crippen LogP contribution in [0.5, 0.6) is 0 Å². The van der Waals surface area contributed by atoms with Gasteiger partial charge < -0.3 is 0 Å². The van der Waals surface area contributed by atoms with Crippen LogP contribution in [0.15, 0.2) is 25.3 Å². The van der Waals surface area contributed by atoms with Gasteiger partial charge >= 0.3 is 0 Å². The van der Waals surface area contributed by atoms with E-state index in [-0.39, 0.29) is 0 Å². The lowest BCUT2D eigenvalue weighted by Crippen LogP contribution is -2.22. The molecular weight excluding hydrogens is 142 g/mol. The summed E-state index contributed by atoms with van der Waals surface area (Å²) in [6.45, 7) is 4.19. The molecule has 0 fully saturated rings. The summed E-state index contributed by atoms with van der Waals surface area (Å²) in [5, 5.41) is 0. The van der Waals surface area contributed by atoms with Crippen molar-refractivity contribution in [1.29, 1.82) is 0 Å². The van der Waals surface area contributed by atoms with Gasteiger partial charge in [0.1, 0.15) is 12.7 Å². The van der Waals surface area contributed by atoms with Gasteiger partial charge in [-0.25, -0.2) is 20.4 Å². The first-order chi connectivity index (χ1) is 5.43. The smallest absolute Gasteiger partial charge is 0.240 e. The molecule has 5 heteroatoms. The average molecular weight is 151 g/mol. The van der Waals surface area contributed by atoms with Crippen molar-refractivity contribution in [2.45, 2.75) is 0 Å². The van der Waals surface area contributed by atoms with Gasteiger partial charge in [0, 0.05) is 6.54 Å². The maximum absolute atomic E-state index is 3.82. The third kappa shape index (κ3) is 2.72. The molecule has 0 unspecified atom stereocenters. The van der Waals surface area contributed by atoms with Crippen LogP contribution in [0.2, 0.25) is 0 Å². The fraction of sp³-hybridized carbons (Fsp3) is 0.167. The van der Waals surface area contributed by atoms with Crippen molar-refractivity contribution in [3.63, 3.8) is 0 Å². The molecule has 1 heterocycles.